The minimum absolute atomic E-state index is 1.05. The monoisotopic (exact) mass is 724 g/mol. The Bertz CT molecular complexity index is 2560. The summed E-state index contributed by atoms with van der Waals surface area (Å²) >= 11 is 0. The van der Waals surface area contributed by atoms with Gasteiger partial charge in [-0.05, 0) is 127 Å². The number of hydrogen-bond acceptors (Lipinski definition) is 2. The highest BCUT2D eigenvalue weighted by Gasteiger charge is 2.17. The molecule has 9 aromatic rings. The van der Waals surface area contributed by atoms with Crippen molar-refractivity contribution in [3.8, 4) is 44.5 Å². The number of hydrogen-bond donors (Lipinski definition) is 0. The zero-order valence-corrected chi connectivity index (χ0v) is 32.6. The van der Waals surface area contributed by atoms with Gasteiger partial charge in [0.25, 0.3) is 0 Å². The van der Waals surface area contributed by atoms with E-state index >= 15 is 0 Å². The van der Waals surface area contributed by atoms with Crippen LogP contribution in [0.2, 0.25) is 0 Å². The van der Waals surface area contributed by atoms with Crippen LogP contribution in [-0.2, 0) is 12.8 Å². The van der Waals surface area contributed by atoms with Crippen LogP contribution in [0, 0.1) is 0 Å². The van der Waals surface area contributed by atoms with Gasteiger partial charge in [-0.25, -0.2) is 0 Å². The van der Waals surface area contributed by atoms with E-state index in [2.05, 4.69) is 159 Å². The third-order valence-corrected chi connectivity index (χ3v) is 11.6. The van der Waals surface area contributed by atoms with E-state index in [0.29, 0.717) is 0 Å². The highest BCUT2D eigenvalue weighted by Crippen LogP contribution is 2.44. The minimum atomic E-state index is 1.05. The Labute approximate surface area is 330 Å². The molecular weight excluding hydrogens is 677 g/mol. The maximum atomic E-state index is 4.79. The van der Waals surface area contributed by atoms with E-state index in [1.54, 1.807) is 0 Å². The van der Waals surface area contributed by atoms with Crippen LogP contribution < -0.4 is 0 Å². The van der Waals surface area contributed by atoms with Crippen LogP contribution in [0.4, 0.5) is 0 Å². The van der Waals surface area contributed by atoms with Gasteiger partial charge in [-0.15, -0.1) is 0 Å². The number of rotatable bonds is 12. The molecule has 2 heteroatoms. The summed E-state index contributed by atoms with van der Waals surface area (Å²) < 4.78 is 0. The second-order valence-corrected chi connectivity index (χ2v) is 15.4. The fraction of sp³-hybridized carbons (Fsp3) is 0.185. The maximum Gasteiger partial charge on any atom is 0.0410 e. The Balaban J connectivity index is 1.04. The van der Waals surface area contributed by atoms with E-state index in [-0.39, 0.29) is 0 Å². The zero-order valence-electron chi connectivity index (χ0n) is 32.6. The molecule has 0 saturated carbocycles. The lowest BCUT2D eigenvalue weighted by atomic mass is 9.85. The van der Waals surface area contributed by atoms with Crippen molar-refractivity contribution in [3.05, 3.63) is 169 Å². The van der Waals surface area contributed by atoms with Crippen molar-refractivity contribution < 1.29 is 0 Å². The fourth-order valence-electron chi connectivity index (χ4n) is 8.53. The van der Waals surface area contributed by atoms with Gasteiger partial charge in [-0.3, -0.25) is 9.97 Å². The molecule has 0 spiro atoms. The molecule has 0 amide bonds. The average Bonchev–Trinajstić information content (AvgIpc) is 3.25. The first-order valence-electron chi connectivity index (χ1n) is 20.6. The van der Waals surface area contributed by atoms with Crippen molar-refractivity contribution in [2.24, 2.45) is 0 Å². The van der Waals surface area contributed by atoms with Crippen molar-refractivity contribution in [1.82, 2.24) is 9.97 Å². The van der Waals surface area contributed by atoms with E-state index in [9.17, 15) is 0 Å². The lowest BCUT2D eigenvalue weighted by molar-refractivity contribution is 0.708. The summed E-state index contributed by atoms with van der Waals surface area (Å²) in [6.07, 6.45) is 13.6. The minimum Gasteiger partial charge on any atom is -0.261 e. The Morgan fingerprint density at radius 1 is 0.339 bits per heavy atom. The Morgan fingerprint density at radius 2 is 0.696 bits per heavy atom. The van der Waals surface area contributed by atoms with Gasteiger partial charge in [-0.2, -0.15) is 0 Å². The predicted octanol–water partition coefficient (Wildman–Crippen LogP) is 15.2. The first kappa shape index (κ1) is 35.6. The van der Waals surface area contributed by atoms with Crippen LogP contribution in [0.5, 0.6) is 0 Å². The molecule has 0 aliphatic carbocycles. The van der Waals surface area contributed by atoms with Gasteiger partial charge in [0.05, 0.1) is 0 Å². The van der Waals surface area contributed by atoms with Crippen LogP contribution in [0.3, 0.4) is 0 Å². The molecule has 9 rings (SSSR count). The van der Waals surface area contributed by atoms with Gasteiger partial charge in [-0.1, -0.05) is 161 Å². The van der Waals surface area contributed by atoms with Crippen molar-refractivity contribution in [1.29, 1.82) is 0 Å². The zero-order chi connectivity index (χ0) is 37.8. The molecule has 2 aromatic heterocycles. The maximum absolute atomic E-state index is 4.79. The first-order chi connectivity index (χ1) is 27.7. The lowest BCUT2D eigenvalue weighted by Gasteiger charge is -2.18. The number of nitrogens with zero attached hydrogens (tertiary/aromatic N) is 2. The van der Waals surface area contributed by atoms with E-state index in [0.717, 1.165) is 12.8 Å². The molecule has 0 unspecified atom stereocenters. The van der Waals surface area contributed by atoms with Crippen molar-refractivity contribution in [3.63, 3.8) is 0 Å². The highest BCUT2D eigenvalue weighted by molar-refractivity contribution is 6.21. The predicted molar refractivity (Wildman–Crippen MR) is 240 cm³/mol. The average molecular weight is 725 g/mol. The molecule has 0 bridgehead atoms. The van der Waals surface area contributed by atoms with Gasteiger partial charge in [0.15, 0.2) is 0 Å². The van der Waals surface area contributed by atoms with Crippen molar-refractivity contribution in [2.75, 3.05) is 0 Å². The molecule has 2 heterocycles. The van der Waals surface area contributed by atoms with E-state index in [1.165, 1.54) is 138 Å². The third-order valence-electron chi connectivity index (χ3n) is 11.6. The van der Waals surface area contributed by atoms with Crippen LogP contribution in [-0.4, -0.2) is 9.97 Å². The normalized spacial score (nSPS) is 11.6. The number of benzene rings is 7. The van der Waals surface area contributed by atoms with Crippen LogP contribution >= 0.6 is 0 Å². The molecule has 0 saturated heterocycles. The molecule has 7 aromatic carbocycles. The molecule has 0 atom stereocenters. The third kappa shape index (κ3) is 7.08. The topological polar surface area (TPSA) is 25.8 Å². The molecule has 56 heavy (non-hydrogen) atoms. The van der Waals surface area contributed by atoms with E-state index in [1.807, 2.05) is 12.4 Å². The molecule has 0 aliphatic rings. The van der Waals surface area contributed by atoms with Gasteiger partial charge in [0.1, 0.15) is 0 Å². The molecule has 274 valence electrons. The fourth-order valence-corrected chi connectivity index (χ4v) is 8.53. The van der Waals surface area contributed by atoms with Crippen LogP contribution in [0.15, 0.2) is 158 Å². The summed E-state index contributed by atoms with van der Waals surface area (Å²) in [5.74, 6) is 0. The standard InChI is InChI=1S/C54H48N2/c1-3-5-7-13-47-33-43-29-27-41(31-45(43)35-55-47)37-19-23-39(24-20-37)53-49-15-9-11-17-51(49)54(52-18-12-10-16-50(52)53)40-25-21-38(22-26-40)42-28-30-44-34-48(14-8-6-4-2)56-36-46(44)32-42/h9-12,15-36H,3-8,13-14H2,1-2H3. The number of fused-ring (bicyclic) bond motifs is 4. The number of pyridine rings is 2. The second kappa shape index (κ2) is 15.9. The van der Waals surface area contributed by atoms with Crippen LogP contribution in [0.1, 0.15) is 63.8 Å². The molecule has 0 N–H and O–H groups in total. The summed E-state index contributed by atoms with van der Waals surface area (Å²) in [5.41, 5.74) is 12.2. The molecular formula is C54H48N2. The molecule has 0 aliphatic heterocycles. The summed E-state index contributed by atoms with van der Waals surface area (Å²) in [5, 5.41) is 9.96. The molecule has 2 nitrogen and oxygen atoms in total. The van der Waals surface area contributed by atoms with E-state index in [4.69, 9.17) is 9.97 Å². The first-order valence-corrected chi connectivity index (χ1v) is 20.6. The Kier molecular flexibility index (Phi) is 10.1. The summed E-state index contributed by atoms with van der Waals surface area (Å²) in [7, 11) is 0. The highest BCUT2D eigenvalue weighted by atomic mass is 14.7. The number of aryl methyl sites for hydroxylation is 2. The quantitative estimate of drug-likeness (QED) is 0.0926. The smallest absolute Gasteiger partial charge is 0.0410 e. The van der Waals surface area contributed by atoms with Crippen LogP contribution in [0.25, 0.3) is 87.6 Å². The molecule has 0 radical (unpaired) electrons. The Morgan fingerprint density at radius 3 is 1.07 bits per heavy atom. The number of unbranched alkanes of at least 4 members (excludes halogenated alkanes) is 4. The lowest BCUT2D eigenvalue weighted by Crippen LogP contribution is -1.92. The van der Waals surface area contributed by atoms with Gasteiger partial charge in [0, 0.05) is 34.6 Å². The number of aromatic nitrogens is 2. The molecule has 0 fully saturated rings. The van der Waals surface area contributed by atoms with Gasteiger partial charge in [0.2, 0.25) is 0 Å². The van der Waals surface area contributed by atoms with Gasteiger partial charge >= 0.3 is 0 Å². The summed E-state index contributed by atoms with van der Waals surface area (Å²) in [4.78, 5) is 9.58. The van der Waals surface area contributed by atoms with Crippen molar-refractivity contribution >= 4 is 43.1 Å². The van der Waals surface area contributed by atoms with Gasteiger partial charge < -0.3 is 0 Å². The summed E-state index contributed by atoms with van der Waals surface area (Å²) in [6.45, 7) is 4.49. The Hall–Kier alpha value is -6.12. The summed E-state index contributed by atoms with van der Waals surface area (Å²) in [6, 6.07) is 54.2. The second-order valence-electron chi connectivity index (χ2n) is 15.4. The largest absolute Gasteiger partial charge is 0.261 e. The van der Waals surface area contributed by atoms with E-state index < -0.39 is 0 Å². The SMILES string of the molecule is CCCCCc1cc2ccc(-c3ccc(-c4c5ccccc5c(-c5ccc(-c6ccc7cc(CCCCC)ncc7c6)cc5)c5ccccc45)cc3)cc2cn1. The van der Waals surface area contributed by atoms with Crippen molar-refractivity contribution in [2.45, 2.75) is 65.2 Å².